The summed E-state index contributed by atoms with van der Waals surface area (Å²) in [6.07, 6.45) is -0.105. The molecule has 2 aromatic carbocycles. The van der Waals surface area contributed by atoms with E-state index >= 15 is 0 Å². The molecular weight excluding hydrogens is 238 g/mol. The van der Waals surface area contributed by atoms with Gasteiger partial charge in [0.25, 0.3) is 0 Å². The maximum atomic E-state index is 11.6. The SMILES string of the molecule is CCc1cc(C)cc2c3ccccc3n(C(=O)O)c12. The quantitative estimate of drug-likeness (QED) is 0.706. The number of fused-ring (bicyclic) bond motifs is 3. The molecule has 0 amide bonds. The first-order valence-electron chi connectivity index (χ1n) is 6.39. The number of aryl methyl sites for hydroxylation is 2. The monoisotopic (exact) mass is 253 g/mol. The Morgan fingerprint density at radius 1 is 1.21 bits per heavy atom. The molecule has 3 aromatic rings. The number of carboxylic acid groups (broad SMARTS) is 1. The van der Waals surface area contributed by atoms with Crippen molar-refractivity contribution in [2.24, 2.45) is 0 Å². The van der Waals surface area contributed by atoms with Crippen LogP contribution in [0.1, 0.15) is 18.1 Å². The van der Waals surface area contributed by atoms with Gasteiger partial charge in [0.2, 0.25) is 0 Å². The Hall–Kier alpha value is -2.29. The molecule has 0 fully saturated rings. The van der Waals surface area contributed by atoms with Gasteiger partial charge in [-0.05, 0) is 31.0 Å². The van der Waals surface area contributed by atoms with Gasteiger partial charge in [-0.3, -0.25) is 0 Å². The molecule has 3 heteroatoms. The predicted octanol–water partition coefficient (Wildman–Crippen LogP) is 4.19. The van der Waals surface area contributed by atoms with Crippen molar-refractivity contribution in [1.82, 2.24) is 4.57 Å². The van der Waals surface area contributed by atoms with Crippen LogP contribution in [-0.2, 0) is 6.42 Å². The smallest absolute Gasteiger partial charge is 0.416 e. The Balaban J connectivity index is 2.64. The van der Waals surface area contributed by atoms with Gasteiger partial charge in [0.1, 0.15) is 0 Å². The number of rotatable bonds is 1. The van der Waals surface area contributed by atoms with Crippen molar-refractivity contribution in [3.05, 3.63) is 47.5 Å². The van der Waals surface area contributed by atoms with Gasteiger partial charge in [0.15, 0.2) is 0 Å². The van der Waals surface area contributed by atoms with Gasteiger partial charge in [-0.15, -0.1) is 0 Å². The van der Waals surface area contributed by atoms with E-state index in [0.29, 0.717) is 0 Å². The maximum absolute atomic E-state index is 11.6. The molecule has 0 spiro atoms. The largest absolute Gasteiger partial charge is 0.464 e. The Kier molecular flexibility index (Phi) is 2.56. The molecule has 3 rings (SSSR count). The van der Waals surface area contributed by atoms with Crippen molar-refractivity contribution in [3.8, 4) is 0 Å². The van der Waals surface area contributed by atoms with Crippen molar-refractivity contribution < 1.29 is 9.90 Å². The number of nitrogens with zero attached hydrogens (tertiary/aromatic N) is 1. The molecule has 3 nitrogen and oxygen atoms in total. The average Bonchev–Trinajstić information content (AvgIpc) is 2.72. The van der Waals surface area contributed by atoms with Crippen LogP contribution in [-0.4, -0.2) is 15.8 Å². The fraction of sp³-hybridized carbons (Fsp3) is 0.188. The summed E-state index contributed by atoms with van der Waals surface area (Å²) >= 11 is 0. The van der Waals surface area contributed by atoms with E-state index in [2.05, 4.69) is 19.1 Å². The number of hydrogen-bond acceptors (Lipinski definition) is 1. The van der Waals surface area contributed by atoms with Crippen molar-refractivity contribution in [1.29, 1.82) is 0 Å². The molecule has 1 heterocycles. The van der Waals surface area contributed by atoms with E-state index in [1.807, 2.05) is 31.2 Å². The van der Waals surface area contributed by atoms with Crippen molar-refractivity contribution in [2.75, 3.05) is 0 Å². The maximum Gasteiger partial charge on any atom is 0.416 e. The third-order valence-electron chi connectivity index (χ3n) is 3.56. The molecule has 0 aliphatic carbocycles. The zero-order valence-electron chi connectivity index (χ0n) is 11.0. The third kappa shape index (κ3) is 1.62. The van der Waals surface area contributed by atoms with E-state index < -0.39 is 6.09 Å². The summed E-state index contributed by atoms with van der Waals surface area (Å²) in [7, 11) is 0. The molecule has 96 valence electrons. The van der Waals surface area contributed by atoms with Gasteiger partial charge in [0.05, 0.1) is 11.0 Å². The van der Waals surface area contributed by atoms with Crippen LogP contribution in [0.3, 0.4) is 0 Å². The van der Waals surface area contributed by atoms with Crippen molar-refractivity contribution >= 4 is 27.9 Å². The van der Waals surface area contributed by atoms with E-state index in [1.165, 1.54) is 4.57 Å². The summed E-state index contributed by atoms with van der Waals surface area (Å²) in [5.41, 5.74) is 3.82. The van der Waals surface area contributed by atoms with E-state index in [-0.39, 0.29) is 0 Å². The zero-order chi connectivity index (χ0) is 13.6. The Morgan fingerprint density at radius 3 is 2.63 bits per heavy atom. The first-order chi connectivity index (χ1) is 9.13. The molecule has 0 atom stereocenters. The number of hydrogen-bond donors (Lipinski definition) is 1. The molecule has 0 saturated carbocycles. The molecule has 0 aliphatic heterocycles. The number of benzene rings is 2. The average molecular weight is 253 g/mol. The van der Waals surface area contributed by atoms with E-state index in [0.717, 1.165) is 39.4 Å². The Labute approximate surface area is 111 Å². The van der Waals surface area contributed by atoms with Crippen LogP contribution in [0, 0.1) is 6.92 Å². The van der Waals surface area contributed by atoms with Crippen molar-refractivity contribution in [3.63, 3.8) is 0 Å². The van der Waals surface area contributed by atoms with Crippen LogP contribution in [0.25, 0.3) is 21.8 Å². The minimum atomic E-state index is -0.926. The molecule has 19 heavy (non-hydrogen) atoms. The van der Waals surface area contributed by atoms with Gasteiger partial charge < -0.3 is 5.11 Å². The fourth-order valence-corrected chi connectivity index (χ4v) is 2.81. The minimum Gasteiger partial charge on any atom is -0.464 e. The van der Waals surface area contributed by atoms with Gasteiger partial charge in [-0.1, -0.05) is 36.8 Å². The lowest BCUT2D eigenvalue weighted by Gasteiger charge is -2.06. The third-order valence-corrected chi connectivity index (χ3v) is 3.56. The summed E-state index contributed by atoms with van der Waals surface area (Å²) in [6, 6.07) is 11.8. The zero-order valence-corrected chi connectivity index (χ0v) is 11.0. The lowest BCUT2D eigenvalue weighted by molar-refractivity contribution is 0.198. The highest BCUT2D eigenvalue weighted by Gasteiger charge is 2.17. The van der Waals surface area contributed by atoms with Crippen molar-refractivity contribution in [2.45, 2.75) is 20.3 Å². The second-order valence-corrected chi connectivity index (χ2v) is 4.81. The molecule has 0 radical (unpaired) electrons. The van der Waals surface area contributed by atoms with Crippen LogP contribution in [0.5, 0.6) is 0 Å². The lowest BCUT2D eigenvalue weighted by atomic mass is 10.0. The normalized spacial score (nSPS) is 11.3. The second-order valence-electron chi connectivity index (χ2n) is 4.81. The summed E-state index contributed by atoms with van der Waals surface area (Å²) in [4.78, 5) is 11.6. The first kappa shape index (κ1) is 11.8. The van der Waals surface area contributed by atoms with E-state index in [4.69, 9.17) is 0 Å². The summed E-state index contributed by atoms with van der Waals surface area (Å²) in [5.74, 6) is 0. The topological polar surface area (TPSA) is 42.2 Å². The number of aromatic nitrogens is 1. The highest BCUT2D eigenvalue weighted by Crippen LogP contribution is 2.32. The molecule has 1 N–H and O–H groups in total. The van der Waals surface area contributed by atoms with Gasteiger partial charge in [-0.2, -0.15) is 0 Å². The summed E-state index contributed by atoms with van der Waals surface area (Å²) in [6.45, 7) is 4.10. The summed E-state index contributed by atoms with van der Waals surface area (Å²) in [5, 5.41) is 11.5. The molecular formula is C16H15NO2. The highest BCUT2D eigenvalue weighted by molar-refractivity contribution is 6.13. The lowest BCUT2D eigenvalue weighted by Crippen LogP contribution is -2.08. The van der Waals surface area contributed by atoms with Crippen LogP contribution in [0.4, 0.5) is 4.79 Å². The highest BCUT2D eigenvalue weighted by atomic mass is 16.4. The first-order valence-corrected chi connectivity index (χ1v) is 6.39. The van der Waals surface area contributed by atoms with Gasteiger partial charge in [0, 0.05) is 10.8 Å². The fourth-order valence-electron chi connectivity index (χ4n) is 2.81. The van der Waals surface area contributed by atoms with Crippen LogP contribution >= 0.6 is 0 Å². The Morgan fingerprint density at radius 2 is 1.95 bits per heavy atom. The number of para-hydroxylation sites is 1. The Bertz CT molecular complexity index is 799. The molecule has 0 bridgehead atoms. The van der Waals surface area contributed by atoms with Gasteiger partial charge >= 0.3 is 6.09 Å². The minimum absolute atomic E-state index is 0.755. The van der Waals surface area contributed by atoms with E-state index in [1.54, 1.807) is 0 Å². The second kappa shape index (κ2) is 4.12. The van der Waals surface area contributed by atoms with E-state index in [9.17, 15) is 9.90 Å². The van der Waals surface area contributed by atoms with Crippen LogP contribution in [0.15, 0.2) is 36.4 Å². The predicted molar refractivity (Wildman–Crippen MR) is 77.0 cm³/mol. The molecule has 0 aliphatic rings. The number of carbonyl (C=O) groups is 1. The molecule has 1 aromatic heterocycles. The summed E-state index contributed by atoms with van der Waals surface area (Å²) < 4.78 is 1.41. The van der Waals surface area contributed by atoms with Gasteiger partial charge in [-0.25, -0.2) is 9.36 Å². The molecule has 0 unspecified atom stereocenters. The molecule has 0 saturated heterocycles. The van der Waals surface area contributed by atoms with Crippen LogP contribution < -0.4 is 0 Å². The van der Waals surface area contributed by atoms with Crippen LogP contribution in [0.2, 0.25) is 0 Å². The standard InChI is InChI=1S/C16H15NO2/c1-3-11-8-10(2)9-13-12-6-4-5-7-14(12)17(15(11)13)16(18)19/h4-9H,3H2,1-2H3,(H,18,19).